The first-order valence-electron chi connectivity index (χ1n) is 12.4. The fraction of sp³-hybridized carbons (Fsp3) is 0.0303. The third-order valence-electron chi connectivity index (χ3n) is 6.77. The van der Waals surface area contributed by atoms with Gasteiger partial charge in [-0.15, -0.1) is 0 Å². The van der Waals surface area contributed by atoms with Crippen molar-refractivity contribution in [3.05, 3.63) is 138 Å². The molecule has 39 heavy (non-hydrogen) atoms. The highest BCUT2D eigenvalue weighted by molar-refractivity contribution is 6.51. The number of phenolic OH excluding ortho intramolecular Hbond substituents is 1. The van der Waals surface area contributed by atoms with Crippen molar-refractivity contribution >= 4 is 33.9 Å². The summed E-state index contributed by atoms with van der Waals surface area (Å²) < 4.78 is 5.87. The Labute approximate surface area is 224 Å². The minimum absolute atomic E-state index is 0.0226. The number of aliphatic hydroxyl groups is 1. The van der Waals surface area contributed by atoms with Crippen molar-refractivity contribution in [3.63, 3.8) is 0 Å². The number of hydrogen-bond donors (Lipinski definition) is 2. The SMILES string of the molecule is O=C1C(=O)N(c2ccc(Oc3ccccc3)cc2)C(c2ccc(O)cc2)/C1=C(/O)c1ccc2ccccc2c1. The number of fused-ring (bicyclic) bond motifs is 1. The molecular formula is C33H23NO5. The number of para-hydroxylation sites is 1. The quantitative estimate of drug-likeness (QED) is 0.151. The van der Waals surface area contributed by atoms with E-state index >= 15 is 0 Å². The number of rotatable bonds is 5. The molecule has 0 saturated carbocycles. The Hall–Kier alpha value is -5.36. The van der Waals surface area contributed by atoms with Gasteiger partial charge < -0.3 is 14.9 Å². The summed E-state index contributed by atoms with van der Waals surface area (Å²) in [5.74, 6) is -0.518. The van der Waals surface area contributed by atoms with Crippen molar-refractivity contribution < 1.29 is 24.5 Å². The van der Waals surface area contributed by atoms with E-state index in [0.29, 0.717) is 28.3 Å². The van der Waals surface area contributed by atoms with Gasteiger partial charge in [-0.05, 0) is 70.9 Å². The molecule has 1 amide bonds. The molecule has 0 spiro atoms. The first kappa shape index (κ1) is 24.0. The highest BCUT2D eigenvalue weighted by Crippen LogP contribution is 2.43. The minimum Gasteiger partial charge on any atom is -0.508 e. The van der Waals surface area contributed by atoms with E-state index in [-0.39, 0.29) is 17.1 Å². The van der Waals surface area contributed by atoms with E-state index in [1.54, 1.807) is 48.5 Å². The molecule has 2 N–H and O–H groups in total. The molecule has 1 saturated heterocycles. The summed E-state index contributed by atoms with van der Waals surface area (Å²) in [6, 6.07) is 34.6. The predicted octanol–water partition coefficient (Wildman–Crippen LogP) is 6.96. The lowest BCUT2D eigenvalue weighted by molar-refractivity contribution is -0.132. The summed E-state index contributed by atoms with van der Waals surface area (Å²) in [6.07, 6.45) is 0. The maximum absolute atomic E-state index is 13.4. The van der Waals surface area contributed by atoms with E-state index in [2.05, 4.69) is 0 Å². The van der Waals surface area contributed by atoms with Gasteiger partial charge in [0.2, 0.25) is 0 Å². The third-order valence-corrected chi connectivity index (χ3v) is 6.77. The van der Waals surface area contributed by atoms with Crippen LogP contribution in [-0.4, -0.2) is 21.9 Å². The number of anilines is 1. The standard InChI is InChI=1S/C33H23NO5/c35-26-16-12-22(13-17-26)30-29(31(36)24-11-10-21-6-4-5-7-23(21)20-24)32(37)33(38)34(30)25-14-18-28(19-15-25)39-27-8-2-1-3-9-27/h1-20,30,35-36H/b31-29-. The average molecular weight is 514 g/mol. The van der Waals surface area contributed by atoms with Gasteiger partial charge in [-0.3, -0.25) is 14.5 Å². The molecule has 0 aliphatic carbocycles. The van der Waals surface area contributed by atoms with Crippen LogP contribution in [0.5, 0.6) is 17.2 Å². The molecule has 1 fully saturated rings. The molecule has 1 unspecified atom stereocenters. The number of ether oxygens (including phenoxy) is 1. The largest absolute Gasteiger partial charge is 0.508 e. The van der Waals surface area contributed by atoms with Crippen LogP contribution in [0, 0.1) is 0 Å². The van der Waals surface area contributed by atoms with E-state index in [0.717, 1.165) is 10.8 Å². The average Bonchev–Trinajstić information content (AvgIpc) is 3.23. The zero-order valence-electron chi connectivity index (χ0n) is 20.7. The molecule has 5 aromatic carbocycles. The molecule has 0 aromatic heterocycles. The third kappa shape index (κ3) is 4.49. The zero-order valence-corrected chi connectivity index (χ0v) is 20.7. The van der Waals surface area contributed by atoms with Crippen LogP contribution in [-0.2, 0) is 9.59 Å². The maximum Gasteiger partial charge on any atom is 0.300 e. The number of phenols is 1. The van der Waals surface area contributed by atoms with Crippen molar-refractivity contribution in [2.45, 2.75) is 6.04 Å². The van der Waals surface area contributed by atoms with Crippen molar-refractivity contribution in [3.8, 4) is 17.2 Å². The topological polar surface area (TPSA) is 87.1 Å². The van der Waals surface area contributed by atoms with Gasteiger partial charge in [0.1, 0.15) is 23.0 Å². The van der Waals surface area contributed by atoms with Gasteiger partial charge >= 0.3 is 0 Å². The Morgan fingerprint density at radius 3 is 2.05 bits per heavy atom. The second kappa shape index (κ2) is 9.84. The molecule has 6 rings (SSSR count). The molecule has 0 radical (unpaired) electrons. The summed E-state index contributed by atoms with van der Waals surface area (Å²) in [7, 11) is 0. The van der Waals surface area contributed by atoms with Crippen LogP contribution < -0.4 is 9.64 Å². The summed E-state index contributed by atoms with van der Waals surface area (Å²) in [5, 5.41) is 23.2. The molecular weight excluding hydrogens is 490 g/mol. The highest BCUT2D eigenvalue weighted by Gasteiger charge is 2.47. The smallest absolute Gasteiger partial charge is 0.300 e. The second-order valence-corrected chi connectivity index (χ2v) is 9.23. The van der Waals surface area contributed by atoms with Crippen LogP contribution in [0.15, 0.2) is 127 Å². The molecule has 1 heterocycles. The number of benzene rings is 5. The second-order valence-electron chi connectivity index (χ2n) is 9.23. The molecule has 1 atom stereocenters. The van der Waals surface area contributed by atoms with Crippen LogP contribution in [0.1, 0.15) is 17.2 Å². The molecule has 6 heteroatoms. The van der Waals surface area contributed by atoms with E-state index in [9.17, 15) is 19.8 Å². The van der Waals surface area contributed by atoms with Crippen molar-refractivity contribution in [2.24, 2.45) is 0 Å². The summed E-state index contributed by atoms with van der Waals surface area (Å²) in [5.41, 5.74) is 1.44. The van der Waals surface area contributed by atoms with Crippen molar-refractivity contribution in [1.82, 2.24) is 0 Å². The van der Waals surface area contributed by atoms with Gasteiger partial charge in [0.25, 0.3) is 11.7 Å². The van der Waals surface area contributed by atoms with E-state index < -0.39 is 17.7 Å². The number of amides is 1. The van der Waals surface area contributed by atoms with Crippen LogP contribution in [0.25, 0.3) is 16.5 Å². The molecule has 190 valence electrons. The van der Waals surface area contributed by atoms with Gasteiger partial charge in [0, 0.05) is 11.3 Å². The summed E-state index contributed by atoms with van der Waals surface area (Å²) >= 11 is 0. The molecule has 1 aliphatic heterocycles. The number of hydrogen-bond acceptors (Lipinski definition) is 5. The monoisotopic (exact) mass is 513 g/mol. The Bertz CT molecular complexity index is 1720. The number of aliphatic hydroxyl groups excluding tert-OH is 1. The first-order chi connectivity index (χ1) is 19.0. The Balaban J connectivity index is 1.44. The maximum atomic E-state index is 13.4. The van der Waals surface area contributed by atoms with E-state index in [1.807, 2.05) is 60.7 Å². The van der Waals surface area contributed by atoms with Crippen LogP contribution in [0.3, 0.4) is 0 Å². The Kier molecular flexibility index (Phi) is 6.05. The predicted molar refractivity (Wildman–Crippen MR) is 150 cm³/mol. The molecule has 1 aliphatic rings. The van der Waals surface area contributed by atoms with E-state index in [4.69, 9.17) is 4.74 Å². The van der Waals surface area contributed by atoms with Crippen LogP contribution in [0.2, 0.25) is 0 Å². The van der Waals surface area contributed by atoms with Crippen LogP contribution >= 0.6 is 0 Å². The molecule has 0 bridgehead atoms. The van der Waals surface area contributed by atoms with Gasteiger partial charge in [0.05, 0.1) is 11.6 Å². The Morgan fingerprint density at radius 1 is 0.692 bits per heavy atom. The normalized spacial score (nSPS) is 16.5. The van der Waals surface area contributed by atoms with Gasteiger partial charge in [-0.25, -0.2) is 0 Å². The summed E-state index contributed by atoms with van der Waals surface area (Å²) in [6.45, 7) is 0. The molecule has 5 aromatic rings. The molecule has 6 nitrogen and oxygen atoms in total. The lowest BCUT2D eigenvalue weighted by atomic mass is 9.94. The highest BCUT2D eigenvalue weighted by atomic mass is 16.5. The van der Waals surface area contributed by atoms with Crippen molar-refractivity contribution in [2.75, 3.05) is 4.90 Å². The summed E-state index contributed by atoms with van der Waals surface area (Å²) in [4.78, 5) is 28.3. The minimum atomic E-state index is -0.905. The lowest BCUT2D eigenvalue weighted by Gasteiger charge is -2.25. The zero-order chi connectivity index (χ0) is 26.9. The van der Waals surface area contributed by atoms with Crippen LogP contribution in [0.4, 0.5) is 5.69 Å². The van der Waals surface area contributed by atoms with Gasteiger partial charge in [0.15, 0.2) is 0 Å². The fourth-order valence-electron chi connectivity index (χ4n) is 4.86. The van der Waals surface area contributed by atoms with E-state index in [1.165, 1.54) is 17.0 Å². The first-order valence-corrected chi connectivity index (χ1v) is 12.4. The number of carbonyl (C=O) groups excluding carboxylic acids is 2. The lowest BCUT2D eigenvalue weighted by Crippen LogP contribution is -2.29. The van der Waals surface area contributed by atoms with Gasteiger partial charge in [-0.2, -0.15) is 0 Å². The Morgan fingerprint density at radius 2 is 1.33 bits per heavy atom. The van der Waals surface area contributed by atoms with Gasteiger partial charge in [-0.1, -0.05) is 66.7 Å². The number of ketones is 1. The number of carbonyl (C=O) groups is 2. The van der Waals surface area contributed by atoms with Crippen molar-refractivity contribution in [1.29, 1.82) is 0 Å². The number of Topliss-reactive ketones (excluding diaryl/α,β-unsaturated/α-hetero) is 1. The number of nitrogens with zero attached hydrogens (tertiary/aromatic N) is 1. The fourth-order valence-corrected chi connectivity index (χ4v) is 4.86. The number of aromatic hydroxyl groups is 1.